The van der Waals surface area contributed by atoms with Crippen LogP contribution in [0.5, 0.6) is 0 Å². The van der Waals surface area contributed by atoms with E-state index < -0.39 is 0 Å². The van der Waals surface area contributed by atoms with E-state index in [4.69, 9.17) is 5.73 Å². The smallest absolute Gasteiger partial charge is 0.00741 e. The monoisotopic (exact) mass is 163 g/mol. The predicted molar refractivity (Wildman–Crippen MR) is 55.1 cm³/mol. The first-order valence-electron chi connectivity index (χ1n) is 4.17. The Hall–Kier alpha value is -1.08. The van der Waals surface area contributed by atoms with Crippen LogP contribution in [0.1, 0.15) is 12.0 Å². The van der Waals surface area contributed by atoms with Gasteiger partial charge < -0.3 is 5.73 Å². The van der Waals surface area contributed by atoms with Crippen LogP contribution < -0.4 is 5.73 Å². The molecule has 1 aromatic carbocycles. The second-order valence-electron chi connectivity index (χ2n) is 2.38. The highest BCUT2D eigenvalue weighted by molar-refractivity contribution is 5.14. The molecule has 1 nitrogen and oxygen atoms in total. The molecule has 2 N–H and O–H groups in total. The van der Waals surface area contributed by atoms with E-state index in [1.807, 2.05) is 6.07 Å². The van der Waals surface area contributed by atoms with Crippen molar-refractivity contribution in [1.29, 1.82) is 0 Å². The van der Waals surface area contributed by atoms with Gasteiger partial charge in [-0.15, -0.1) is 13.2 Å². The highest BCUT2D eigenvalue weighted by Crippen LogP contribution is 2.00. The number of benzene rings is 1. The van der Waals surface area contributed by atoms with E-state index >= 15 is 0 Å². The molecule has 0 bridgehead atoms. The molecule has 0 radical (unpaired) electrons. The van der Waals surface area contributed by atoms with Gasteiger partial charge in [0.25, 0.3) is 0 Å². The Bertz CT molecular complexity index is 181. The first-order valence-corrected chi connectivity index (χ1v) is 4.17. The summed E-state index contributed by atoms with van der Waals surface area (Å²) in [6, 6.07) is 10.4. The van der Waals surface area contributed by atoms with Crippen molar-refractivity contribution in [2.45, 2.75) is 12.8 Å². The minimum Gasteiger partial charge on any atom is -0.330 e. The van der Waals surface area contributed by atoms with Crippen LogP contribution in [0.4, 0.5) is 0 Å². The lowest BCUT2D eigenvalue weighted by molar-refractivity contribution is 0.833. The lowest BCUT2D eigenvalue weighted by atomic mass is 10.1. The van der Waals surface area contributed by atoms with Gasteiger partial charge in [0.2, 0.25) is 0 Å². The average molecular weight is 163 g/mol. The van der Waals surface area contributed by atoms with Crippen LogP contribution in [0, 0.1) is 0 Å². The van der Waals surface area contributed by atoms with E-state index in [9.17, 15) is 0 Å². The lowest BCUT2D eigenvalue weighted by Gasteiger charge is -1.96. The number of rotatable bonds is 3. The van der Waals surface area contributed by atoms with Gasteiger partial charge in [0.05, 0.1) is 0 Å². The summed E-state index contributed by atoms with van der Waals surface area (Å²) >= 11 is 0. The van der Waals surface area contributed by atoms with Crippen LogP contribution in [0.25, 0.3) is 0 Å². The molecule has 0 aliphatic heterocycles. The Kier molecular flexibility index (Phi) is 7.30. The van der Waals surface area contributed by atoms with Crippen LogP contribution in [0.3, 0.4) is 0 Å². The van der Waals surface area contributed by atoms with Crippen molar-refractivity contribution < 1.29 is 0 Å². The second-order valence-corrected chi connectivity index (χ2v) is 2.38. The number of nitrogens with two attached hydrogens (primary N) is 1. The number of aryl methyl sites for hydroxylation is 1. The zero-order chi connectivity index (χ0) is 9.23. The Balaban J connectivity index is 0.000000561. The molecule has 0 aliphatic rings. The summed E-state index contributed by atoms with van der Waals surface area (Å²) in [5.41, 5.74) is 6.76. The minimum absolute atomic E-state index is 0.787. The van der Waals surface area contributed by atoms with Gasteiger partial charge >= 0.3 is 0 Å². The van der Waals surface area contributed by atoms with Crippen molar-refractivity contribution >= 4 is 0 Å². The van der Waals surface area contributed by atoms with Gasteiger partial charge in [-0.2, -0.15) is 0 Å². The molecule has 12 heavy (non-hydrogen) atoms. The van der Waals surface area contributed by atoms with Gasteiger partial charge in [-0.25, -0.2) is 0 Å². The van der Waals surface area contributed by atoms with Crippen LogP contribution >= 0.6 is 0 Å². The van der Waals surface area contributed by atoms with E-state index in [2.05, 4.69) is 37.4 Å². The summed E-state index contributed by atoms with van der Waals surface area (Å²) < 4.78 is 0. The molecule has 0 heterocycles. The summed E-state index contributed by atoms with van der Waals surface area (Å²) in [4.78, 5) is 0. The second kappa shape index (κ2) is 8.02. The van der Waals surface area contributed by atoms with Crippen molar-refractivity contribution in [3.63, 3.8) is 0 Å². The molecular weight excluding hydrogens is 146 g/mol. The Morgan fingerprint density at radius 3 is 2.17 bits per heavy atom. The summed E-state index contributed by atoms with van der Waals surface area (Å²) in [5.74, 6) is 0. The topological polar surface area (TPSA) is 26.0 Å². The zero-order valence-corrected chi connectivity index (χ0v) is 7.50. The van der Waals surface area contributed by atoms with E-state index in [0.29, 0.717) is 0 Å². The number of hydrogen-bond acceptors (Lipinski definition) is 1. The molecular formula is C11H17N. The normalized spacial score (nSPS) is 8.42. The maximum atomic E-state index is 5.38. The van der Waals surface area contributed by atoms with Gasteiger partial charge in [0.15, 0.2) is 0 Å². The summed E-state index contributed by atoms with van der Waals surface area (Å²) in [5, 5.41) is 0. The standard InChI is InChI=1S/C9H13N.C2H4/c10-8-4-7-9-5-2-1-3-6-9;1-2/h1-3,5-6H,4,7-8,10H2;1-2H2. The van der Waals surface area contributed by atoms with Crippen molar-refractivity contribution in [3.05, 3.63) is 49.1 Å². The lowest BCUT2D eigenvalue weighted by Crippen LogP contribution is -1.99. The zero-order valence-electron chi connectivity index (χ0n) is 7.50. The highest BCUT2D eigenvalue weighted by Gasteiger charge is 1.87. The van der Waals surface area contributed by atoms with E-state index in [0.717, 1.165) is 19.4 Å². The van der Waals surface area contributed by atoms with Crippen LogP contribution in [-0.2, 0) is 6.42 Å². The quantitative estimate of drug-likeness (QED) is 0.680. The Labute approximate surface area is 74.9 Å². The molecule has 0 unspecified atom stereocenters. The molecule has 0 fully saturated rings. The summed E-state index contributed by atoms with van der Waals surface area (Å²) in [7, 11) is 0. The first kappa shape index (κ1) is 10.9. The first-order chi connectivity index (χ1) is 5.93. The average Bonchev–Trinajstić information content (AvgIpc) is 2.19. The molecule has 1 aromatic rings. The van der Waals surface area contributed by atoms with E-state index in [1.54, 1.807) is 0 Å². The van der Waals surface area contributed by atoms with Gasteiger partial charge in [-0.05, 0) is 24.9 Å². The molecule has 0 amide bonds. The third-order valence-electron chi connectivity index (χ3n) is 1.51. The Morgan fingerprint density at radius 2 is 1.67 bits per heavy atom. The maximum Gasteiger partial charge on any atom is -0.00741 e. The van der Waals surface area contributed by atoms with Crippen molar-refractivity contribution in [1.82, 2.24) is 0 Å². The molecule has 66 valence electrons. The van der Waals surface area contributed by atoms with Gasteiger partial charge in [-0.3, -0.25) is 0 Å². The summed E-state index contributed by atoms with van der Waals surface area (Å²) in [6.07, 6.45) is 2.20. The molecule has 1 heteroatoms. The molecule has 0 aliphatic carbocycles. The van der Waals surface area contributed by atoms with E-state index in [1.165, 1.54) is 5.56 Å². The maximum absolute atomic E-state index is 5.38. The van der Waals surface area contributed by atoms with Gasteiger partial charge in [0.1, 0.15) is 0 Å². The molecule has 1 rings (SSSR count). The van der Waals surface area contributed by atoms with Crippen LogP contribution in [-0.4, -0.2) is 6.54 Å². The summed E-state index contributed by atoms with van der Waals surface area (Å²) in [6.45, 7) is 6.79. The predicted octanol–water partition coefficient (Wildman–Crippen LogP) is 2.38. The third-order valence-corrected chi connectivity index (χ3v) is 1.51. The fraction of sp³-hybridized carbons (Fsp3) is 0.273. The molecule has 0 atom stereocenters. The molecule has 0 saturated carbocycles. The SMILES string of the molecule is C=C.NCCCc1ccccc1. The molecule has 0 aromatic heterocycles. The van der Waals surface area contributed by atoms with Gasteiger partial charge in [0, 0.05) is 0 Å². The Morgan fingerprint density at radius 1 is 1.08 bits per heavy atom. The van der Waals surface area contributed by atoms with Gasteiger partial charge in [-0.1, -0.05) is 30.3 Å². The van der Waals surface area contributed by atoms with Crippen LogP contribution in [0.15, 0.2) is 43.5 Å². The van der Waals surface area contributed by atoms with Crippen molar-refractivity contribution in [3.8, 4) is 0 Å². The van der Waals surface area contributed by atoms with Crippen molar-refractivity contribution in [2.75, 3.05) is 6.54 Å². The highest BCUT2D eigenvalue weighted by atomic mass is 14.5. The number of hydrogen-bond donors (Lipinski definition) is 1. The van der Waals surface area contributed by atoms with Crippen molar-refractivity contribution in [2.24, 2.45) is 5.73 Å². The largest absolute Gasteiger partial charge is 0.330 e. The fourth-order valence-corrected chi connectivity index (χ4v) is 0.951. The van der Waals surface area contributed by atoms with E-state index in [-0.39, 0.29) is 0 Å². The third kappa shape index (κ3) is 4.69. The molecule has 0 spiro atoms. The van der Waals surface area contributed by atoms with Crippen LogP contribution in [0.2, 0.25) is 0 Å². The molecule has 0 saturated heterocycles. The minimum atomic E-state index is 0.787. The fourth-order valence-electron chi connectivity index (χ4n) is 0.951.